The molecule has 6 heteroatoms. The highest BCUT2D eigenvalue weighted by molar-refractivity contribution is 5.90. The lowest BCUT2D eigenvalue weighted by Gasteiger charge is -2.23. The van der Waals surface area contributed by atoms with Gasteiger partial charge in [0.05, 0.1) is 12.5 Å². The lowest BCUT2D eigenvalue weighted by molar-refractivity contribution is -0.123. The van der Waals surface area contributed by atoms with Crippen molar-refractivity contribution in [1.29, 1.82) is 0 Å². The van der Waals surface area contributed by atoms with E-state index < -0.39 is 0 Å². The minimum absolute atomic E-state index is 0.0775. The quantitative estimate of drug-likeness (QED) is 0.515. The van der Waals surface area contributed by atoms with E-state index in [0.29, 0.717) is 6.54 Å². The third-order valence-electron chi connectivity index (χ3n) is 6.64. The fourth-order valence-corrected chi connectivity index (χ4v) is 5.13. The van der Waals surface area contributed by atoms with E-state index >= 15 is 0 Å². The fraction of sp³-hybridized carbons (Fsp3) is 0.269. The highest BCUT2D eigenvalue weighted by atomic mass is 16.5. The molecule has 2 atom stereocenters. The first-order valence-electron chi connectivity index (χ1n) is 11.2. The predicted octanol–water partition coefficient (Wildman–Crippen LogP) is 4.16. The standard InChI is InChI=1S/C26H24N4O2/c31-26(22-9-4-8-21-20-6-1-2-10-23(20)30-24(21)22)29-14-18-11-16-5-3-7-19(25(16)32-18)17-12-27-15-28-13-17/h1-3,5-7,10,12-13,15,18,22,30H,4,8-9,11,14H2,(H,29,31)/t18-,22-/m1/s1. The number of benzene rings is 2. The Balaban J connectivity index is 1.17. The van der Waals surface area contributed by atoms with Crippen molar-refractivity contribution in [3.8, 4) is 16.9 Å². The number of hydrogen-bond acceptors (Lipinski definition) is 4. The third-order valence-corrected chi connectivity index (χ3v) is 6.64. The van der Waals surface area contributed by atoms with E-state index in [2.05, 4.69) is 44.5 Å². The maximum atomic E-state index is 13.2. The zero-order valence-electron chi connectivity index (χ0n) is 17.7. The van der Waals surface area contributed by atoms with Crippen molar-refractivity contribution in [1.82, 2.24) is 20.3 Å². The van der Waals surface area contributed by atoms with Gasteiger partial charge in [0.2, 0.25) is 5.91 Å². The number of ether oxygens (including phenoxy) is 1. The predicted molar refractivity (Wildman–Crippen MR) is 123 cm³/mol. The molecule has 1 aliphatic carbocycles. The molecule has 6 nitrogen and oxygen atoms in total. The van der Waals surface area contributed by atoms with Crippen molar-refractivity contribution in [3.63, 3.8) is 0 Å². The number of aryl methyl sites for hydroxylation is 1. The Morgan fingerprint density at radius 3 is 2.91 bits per heavy atom. The van der Waals surface area contributed by atoms with Gasteiger partial charge in [0, 0.05) is 46.5 Å². The van der Waals surface area contributed by atoms with Crippen LogP contribution < -0.4 is 10.1 Å². The van der Waals surface area contributed by atoms with E-state index in [0.717, 1.165) is 59.3 Å². The number of aromatic amines is 1. The normalized spacial score (nSPS) is 19.2. The zero-order valence-corrected chi connectivity index (χ0v) is 17.7. The fourth-order valence-electron chi connectivity index (χ4n) is 5.13. The number of nitrogens with zero attached hydrogens (tertiary/aromatic N) is 2. The highest BCUT2D eigenvalue weighted by Crippen LogP contribution is 2.39. The number of carbonyl (C=O) groups is 1. The molecular formula is C26H24N4O2. The molecule has 1 amide bonds. The first-order valence-corrected chi connectivity index (χ1v) is 11.2. The molecule has 2 aromatic heterocycles. The van der Waals surface area contributed by atoms with E-state index in [1.54, 1.807) is 12.4 Å². The molecule has 2 aromatic carbocycles. The van der Waals surface area contributed by atoms with Gasteiger partial charge in [-0.15, -0.1) is 0 Å². The lowest BCUT2D eigenvalue weighted by Crippen LogP contribution is -2.38. The van der Waals surface area contributed by atoms with Gasteiger partial charge in [-0.05, 0) is 36.5 Å². The van der Waals surface area contributed by atoms with Gasteiger partial charge in [-0.3, -0.25) is 4.79 Å². The molecule has 160 valence electrons. The SMILES string of the molecule is O=C(NC[C@H]1Cc2cccc(-c3cncnc3)c2O1)[C@@H]1CCCc2c1[nH]c1ccccc21. The van der Waals surface area contributed by atoms with E-state index in [1.165, 1.54) is 17.3 Å². The number of amides is 1. The first kappa shape index (κ1) is 19.0. The molecule has 2 N–H and O–H groups in total. The van der Waals surface area contributed by atoms with Gasteiger partial charge in [-0.1, -0.05) is 36.4 Å². The van der Waals surface area contributed by atoms with Crippen LogP contribution >= 0.6 is 0 Å². The van der Waals surface area contributed by atoms with Gasteiger partial charge in [0.1, 0.15) is 18.2 Å². The summed E-state index contributed by atoms with van der Waals surface area (Å²) < 4.78 is 6.27. The Hall–Kier alpha value is -3.67. The second-order valence-corrected chi connectivity index (χ2v) is 8.62. The summed E-state index contributed by atoms with van der Waals surface area (Å²) in [5.41, 5.74) is 6.57. The maximum Gasteiger partial charge on any atom is 0.229 e. The van der Waals surface area contributed by atoms with E-state index in [9.17, 15) is 4.79 Å². The average molecular weight is 425 g/mol. The Labute approximate surface area is 186 Å². The number of nitrogens with one attached hydrogen (secondary N) is 2. The average Bonchev–Trinajstić information content (AvgIpc) is 3.44. The summed E-state index contributed by atoms with van der Waals surface area (Å²) in [6.07, 6.45) is 8.73. The Morgan fingerprint density at radius 1 is 1.12 bits per heavy atom. The van der Waals surface area contributed by atoms with Gasteiger partial charge in [0.25, 0.3) is 0 Å². The van der Waals surface area contributed by atoms with Crippen molar-refractivity contribution >= 4 is 16.8 Å². The molecule has 0 fully saturated rings. The van der Waals surface area contributed by atoms with Crippen LogP contribution in [0, 0.1) is 0 Å². The highest BCUT2D eigenvalue weighted by Gasteiger charge is 2.31. The van der Waals surface area contributed by atoms with Crippen LogP contribution in [-0.4, -0.2) is 33.5 Å². The second-order valence-electron chi connectivity index (χ2n) is 8.62. The molecule has 0 saturated heterocycles. The minimum atomic E-state index is -0.132. The molecule has 0 radical (unpaired) electrons. The lowest BCUT2D eigenvalue weighted by atomic mass is 9.86. The number of aromatic nitrogens is 3. The van der Waals surface area contributed by atoms with E-state index in [1.807, 2.05) is 18.2 Å². The second kappa shape index (κ2) is 7.79. The summed E-state index contributed by atoms with van der Waals surface area (Å²) in [5.74, 6) is 0.817. The van der Waals surface area contributed by atoms with E-state index in [-0.39, 0.29) is 17.9 Å². The van der Waals surface area contributed by atoms with E-state index in [4.69, 9.17) is 4.74 Å². The summed E-state index contributed by atoms with van der Waals surface area (Å²) >= 11 is 0. The number of hydrogen-bond donors (Lipinski definition) is 2. The molecular weight excluding hydrogens is 400 g/mol. The van der Waals surface area contributed by atoms with Crippen molar-refractivity contribution in [2.45, 2.75) is 37.7 Å². The molecule has 32 heavy (non-hydrogen) atoms. The molecule has 0 bridgehead atoms. The zero-order chi connectivity index (χ0) is 21.5. The Bertz CT molecular complexity index is 1300. The number of H-pyrrole nitrogens is 1. The summed E-state index contributed by atoms with van der Waals surface area (Å²) in [6.45, 7) is 0.490. The first-order chi connectivity index (χ1) is 15.8. The molecule has 6 rings (SSSR count). The summed E-state index contributed by atoms with van der Waals surface area (Å²) in [6, 6.07) is 14.5. The number of rotatable bonds is 4. The topological polar surface area (TPSA) is 79.9 Å². The van der Waals surface area contributed by atoms with Crippen LogP contribution in [0.15, 0.2) is 61.2 Å². The third kappa shape index (κ3) is 3.23. The van der Waals surface area contributed by atoms with Crippen LogP contribution in [0.3, 0.4) is 0 Å². The van der Waals surface area contributed by atoms with Crippen LogP contribution in [0.2, 0.25) is 0 Å². The van der Waals surface area contributed by atoms with Crippen LogP contribution in [0.25, 0.3) is 22.0 Å². The minimum Gasteiger partial charge on any atom is -0.487 e. The monoisotopic (exact) mass is 424 g/mol. The van der Waals surface area contributed by atoms with Gasteiger partial charge < -0.3 is 15.0 Å². The van der Waals surface area contributed by atoms with Gasteiger partial charge in [-0.2, -0.15) is 0 Å². The van der Waals surface area contributed by atoms with Crippen molar-refractivity contribution < 1.29 is 9.53 Å². The van der Waals surface area contributed by atoms with Gasteiger partial charge >= 0.3 is 0 Å². The largest absolute Gasteiger partial charge is 0.487 e. The van der Waals surface area contributed by atoms with Crippen molar-refractivity contribution in [3.05, 3.63) is 78.0 Å². The molecule has 0 saturated carbocycles. The van der Waals surface area contributed by atoms with Gasteiger partial charge in [0.15, 0.2) is 0 Å². The number of para-hydroxylation sites is 2. The Morgan fingerprint density at radius 2 is 2.00 bits per heavy atom. The summed E-state index contributed by atoms with van der Waals surface area (Å²) in [4.78, 5) is 24.9. The van der Waals surface area contributed by atoms with Crippen molar-refractivity contribution in [2.75, 3.05) is 6.54 Å². The summed E-state index contributed by atoms with van der Waals surface area (Å²) in [5, 5.41) is 4.41. The molecule has 3 heterocycles. The summed E-state index contributed by atoms with van der Waals surface area (Å²) in [7, 11) is 0. The number of fused-ring (bicyclic) bond motifs is 4. The smallest absolute Gasteiger partial charge is 0.229 e. The molecule has 2 aliphatic rings. The molecule has 4 aromatic rings. The maximum absolute atomic E-state index is 13.2. The molecule has 0 unspecified atom stereocenters. The Kier molecular flexibility index (Phi) is 4.63. The van der Waals surface area contributed by atoms with Crippen LogP contribution in [0.1, 0.15) is 35.6 Å². The van der Waals surface area contributed by atoms with Gasteiger partial charge in [-0.25, -0.2) is 9.97 Å². The molecule has 0 spiro atoms. The van der Waals surface area contributed by atoms with Crippen LogP contribution in [0.4, 0.5) is 0 Å². The molecule has 1 aliphatic heterocycles. The number of carbonyl (C=O) groups excluding carboxylic acids is 1. The van der Waals surface area contributed by atoms with Crippen LogP contribution in [0.5, 0.6) is 5.75 Å². The van der Waals surface area contributed by atoms with Crippen molar-refractivity contribution in [2.24, 2.45) is 0 Å². The van der Waals surface area contributed by atoms with Crippen LogP contribution in [-0.2, 0) is 17.6 Å².